The number of aromatic nitrogens is 3. The van der Waals surface area contributed by atoms with Crippen molar-refractivity contribution in [2.75, 3.05) is 11.5 Å². The van der Waals surface area contributed by atoms with Crippen LogP contribution in [0.15, 0.2) is 41.2 Å². The van der Waals surface area contributed by atoms with E-state index in [-0.39, 0.29) is 11.9 Å². The average molecular weight is 452 g/mol. The topological polar surface area (TPSA) is 93.7 Å². The van der Waals surface area contributed by atoms with Crippen molar-refractivity contribution < 1.29 is 18.8 Å². The molecule has 1 aliphatic rings. The zero-order valence-corrected chi connectivity index (χ0v) is 19.7. The molecule has 9 heteroatoms. The number of aryl methyl sites for hydroxylation is 2. The number of imide groups is 1. The van der Waals surface area contributed by atoms with Gasteiger partial charge in [-0.3, -0.25) is 9.48 Å². The Labute approximate surface area is 192 Å². The summed E-state index contributed by atoms with van der Waals surface area (Å²) in [6, 6.07) is 7.25. The number of amides is 3. The number of hydrogen-bond acceptors (Lipinski definition) is 6. The molecule has 33 heavy (non-hydrogen) atoms. The van der Waals surface area contributed by atoms with Crippen LogP contribution in [0.1, 0.15) is 49.8 Å². The first-order valence-electron chi connectivity index (χ1n) is 11.0. The maximum atomic E-state index is 13.4. The van der Waals surface area contributed by atoms with Crippen molar-refractivity contribution >= 4 is 17.6 Å². The number of urea groups is 1. The van der Waals surface area contributed by atoms with E-state index < -0.39 is 5.54 Å². The number of carbonyl (C=O) groups excluding carboxylic acids is 2. The fourth-order valence-electron chi connectivity index (χ4n) is 3.91. The van der Waals surface area contributed by atoms with E-state index in [4.69, 9.17) is 9.26 Å². The molecule has 3 amide bonds. The summed E-state index contributed by atoms with van der Waals surface area (Å²) in [5, 5.41) is 8.31. The Morgan fingerprint density at radius 1 is 1.15 bits per heavy atom. The van der Waals surface area contributed by atoms with Crippen molar-refractivity contribution in [2.24, 2.45) is 0 Å². The Morgan fingerprint density at radius 3 is 2.64 bits per heavy atom. The lowest BCUT2D eigenvalue weighted by molar-refractivity contribution is -0.123. The van der Waals surface area contributed by atoms with Crippen LogP contribution in [0.4, 0.5) is 10.5 Å². The molecule has 1 fully saturated rings. The average Bonchev–Trinajstić information content (AvgIpc) is 3.42. The summed E-state index contributed by atoms with van der Waals surface area (Å²) >= 11 is 0. The third-order valence-corrected chi connectivity index (χ3v) is 5.91. The van der Waals surface area contributed by atoms with E-state index >= 15 is 0 Å². The van der Waals surface area contributed by atoms with E-state index in [1.807, 2.05) is 45.0 Å². The summed E-state index contributed by atoms with van der Waals surface area (Å²) < 4.78 is 12.6. The van der Waals surface area contributed by atoms with Crippen LogP contribution >= 0.6 is 0 Å². The van der Waals surface area contributed by atoms with Crippen LogP contribution in [0.25, 0.3) is 0 Å². The van der Waals surface area contributed by atoms with Crippen LogP contribution in [-0.4, -0.2) is 43.9 Å². The summed E-state index contributed by atoms with van der Waals surface area (Å²) in [6.07, 6.45) is 4.14. The molecular formula is C24H29N5O4. The van der Waals surface area contributed by atoms with Gasteiger partial charge in [0.05, 0.1) is 30.7 Å². The molecule has 3 aromatic rings. The molecule has 0 aliphatic carbocycles. The van der Waals surface area contributed by atoms with Gasteiger partial charge in [-0.1, -0.05) is 24.2 Å². The van der Waals surface area contributed by atoms with Gasteiger partial charge in [-0.25, -0.2) is 9.69 Å². The third kappa shape index (κ3) is 4.22. The van der Waals surface area contributed by atoms with E-state index in [1.54, 1.807) is 29.6 Å². The SMILES string of the molecule is CCCOc1cccc(CN2C(=O)N(c3cnn(Cc4c(C)noc4C)c3)C(=O)C2(C)C)c1. The minimum atomic E-state index is -0.999. The molecule has 0 atom stereocenters. The Morgan fingerprint density at radius 2 is 1.94 bits per heavy atom. The molecule has 0 N–H and O–H groups in total. The Bertz CT molecular complexity index is 1160. The van der Waals surface area contributed by atoms with Crippen LogP contribution in [-0.2, 0) is 17.9 Å². The predicted molar refractivity (Wildman–Crippen MR) is 122 cm³/mol. The first-order valence-corrected chi connectivity index (χ1v) is 11.0. The minimum absolute atomic E-state index is 0.289. The second kappa shape index (κ2) is 8.73. The summed E-state index contributed by atoms with van der Waals surface area (Å²) in [7, 11) is 0. The number of ether oxygens (including phenoxy) is 1. The van der Waals surface area contributed by atoms with Crippen molar-refractivity contribution in [3.05, 3.63) is 59.2 Å². The Kier molecular flexibility index (Phi) is 5.97. The molecule has 1 saturated heterocycles. The number of anilines is 1. The number of hydrogen-bond donors (Lipinski definition) is 0. The van der Waals surface area contributed by atoms with Crippen LogP contribution in [0.5, 0.6) is 5.75 Å². The quantitative estimate of drug-likeness (QED) is 0.479. The van der Waals surface area contributed by atoms with Crippen molar-refractivity contribution in [1.82, 2.24) is 19.8 Å². The molecule has 0 radical (unpaired) electrons. The first-order chi connectivity index (χ1) is 15.7. The highest BCUT2D eigenvalue weighted by Crippen LogP contribution is 2.33. The van der Waals surface area contributed by atoms with Gasteiger partial charge in [0.2, 0.25) is 0 Å². The second-order valence-electron chi connectivity index (χ2n) is 8.76. The molecule has 3 heterocycles. The molecule has 2 aromatic heterocycles. The molecule has 0 bridgehead atoms. The van der Waals surface area contributed by atoms with Crippen molar-refractivity contribution in [3.8, 4) is 5.75 Å². The third-order valence-electron chi connectivity index (χ3n) is 5.91. The number of nitrogens with zero attached hydrogens (tertiary/aromatic N) is 5. The van der Waals surface area contributed by atoms with E-state index in [1.165, 1.54) is 11.1 Å². The molecule has 1 aliphatic heterocycles. The number of carbonyl (C=O) groups is 2. The highest BCUT2D eigenvalue weighted by atomic mass is 16.5. The maximum Gasteiger partial charge on any atom is 0.332 e. The predicted octanol–water partition coefficient (Wildman–Crippen LogP) is 4.07. The van der Waals surface area contributed by atoms with Gasteiger partial charge in [0.1, 0.15) is 17.0 Å². The molecule has 0 unspecified atom stereocenters. The summed E-state index contributed by atoms with van der Waals surface area (Å²) in [6.45, 7) is 10.6. The van der Waals surface area contributed by atoms with Gasteiger partial charge < -0.3 is 14.2 Å². The van der Waals surface area contributed by atoms with Gasteiger partial charge in [0, 0.05) is 18.3 Å². The minimum Gasteiger partial charge on any atom is -0.494 e. The van der Waals surface area contributed by atoms with Gasteiger partial charge in [0.25, 0.3) is 5.91 Å². The van der Waals surface area contributed by atoms with Gasteiger partial charge in [-0.2, -0.15) is 5.10 Å². The first kappa shape index (κ1) is 22.6. The molecule has 0 saturated carbocycles. The molecule has 174 valence electrons. The fraction of sp³-hybridized carbons (Fsp3) is 0.417. The van der Waals surface area contributed by atoms with Crippen LogP contribution in [0.2, 0.25) is 0 Å². The lowest BCUT2D eigenvalue weighted by Crippen LogP contribution is -2.43. The molecule has 4 rings (SSSR count). The number of rotatable bonds is 8. The van der Waals surface area contributed by atoms with Gasteiger partial charge >= 0.3 is 6.03 Å². The second-order valence-corrected chi connectivity index (χ2v) is 8.76. The van der Waals surface area contributed by atoms with Crippen molar-refractivity contribution in [2.45, 2.75) is 59.7 Å². The van der Waals surface area contributed by atoms with Gasteiger partial charge in [-0.15, -0.1) is 0 Å². The van der Waals surface area contributed by atoms with Crippen molar-refractivity contribution in [1.29, 1.82) is 0 Å². The van der Waals surface area contributed by atoms with Crippen LogP contribution in [0.3, 0.4) is 0 Å². The highest BCUT2D eigenvalue weighted by molar-refractivity contribution is 6.22. The van der Waals surface area contributed by atoms with Gasteiger partial charge in [0.15, 0.2) is 0 Å². The molecule has 0 spiro atoms. The summed E-state index contributed by atoms with van der Waals surface area (Å²) in [5.41, 5.74) is 2.05. The maximum absolute atomic E-state index is 13.4. The fourth-order valence-corrected chi connectivity index (χ4v) is 3.91. The summed E-state index contributed by atoms with van der Waals surface area (Å²) in [5.74, 6) is 1.18. The standard InChI is InChI=1S/C24H29N5O4/c1-6-10-32-20-9-7-8-18(11-20)13-28-23(31)29(22(30)24(28,4)5)19-12-25-27(14-19)15-21-16(2)26-33-17(21)3/h7-9,11-12,14H,6,10,13,15H2,1-5H3. The lowest BCUT2D eigenvalue weighted by Gasteiger charge is -2.27. The van der Waals surface area contributed by atoms with E-state index in [2.05, 4.69) is 10.3 Å². The Balaban J connectivity index is 1.55. The summed E-state index contributed by atoms with van der Waals surface area (Å²) in [4.78, 5) is 29.4. The normalized spacial score (nSPS) is 15.5. The number of benzene rings is 1. The van der Waals surface area contributed by atoms with E-state index in [9.17, 15) is 9.59 Å². The zero-order valence-electron chi connectivity index (χ0n) is 19.7. The zero-order chi connectivity index (χ0) is 23.8. The van der Waals surface area contributed by atoms with E-state index in [0.29, 0.717) is 25.4 Å². The van der Waals surface area contributed by atoms with Crippen molar-refractivity contribution in [3.63, 3.8) is 0 Å². The highest BCUT2D eigenvalue weighted by Gasteiger charge is 2.52. The smallest absolute Gasteiger partial charge is 0.332 e. The monoisotopic (exact) mass is 451 g/mol. The Hall–Kier alpha value is -3.62. The van der Waals surface area contributed by atoms with Crippen LogP contribution in [0, 0.1) is 13.8 Å². The molecule has 9 nitrogen and oxygen atoms in total. The largest absolute Gasteiger partial charge is 0.494 e. The van der Waals surface area contributed by atoms with Crippen LogP contribution < -0.4 is 9.64 Å². The van der Waals surface area contributed by atoms with Gasteiger partial charge in [-0.05, 0) is 51.8 Å². The molecule has 1 aromatic carbocycles. The van der Waals surface area contributed by atoms with E-state index in [0.717, 1.165) is 34.8 Å². The lowest BCUT2D eigenvalue weighted by atomic mass is 10.0. The molecular weight excluding hydrogens is 422 g/mol.